The standard InChI is InChI=1S/C17H25N3O/c1-4-14-8-7-13-10-15(21-3)11-16(17(13)20-14)19-12(2)6-5-9-18/h7-8,10-12,19H,4-6,9,18H2,1-3H3. The number of rotatable bonds is 7. The van der Waals surface area contributed by atoms with Crippen LogP contribution in [0.15, 0.2) is 24.3 Å². The Hall–Kier alpha value is -1.81. The van der Waals surface area contributed by atoms with E-state index >= 15 is 0 Å². The molecule has 0 aliphatic rings. The lowest BCUT2D eigenvalue weighted by Gasteiger charge is -2.17. The quantitative estimate of drug-likeness (QED) is 0.820. The SMILES string of the molecule is CCc1ccc2cc(OC)cc(NC(C)CCCN)c2n1. The topological polar surface area (TPSA) is 60.2 Å². The van der Waals surface area contributed by atoms with Gasteiger partial charge in [0.2, 0.25) is 0 Å². The normalized spacial score (nSPS) is 12.4. The molecule has 0 amide bonds. The van der Waals surface area contributed by atoms with E-state index in [-0.39, 0.29) is 0 Å². The van der Waals surface area contributed by atoms with E-state index in [0.717, 1.165) is 53.8 Å². The Labute approximate surface area is 126 Å². The van der Waals surface area contributed by atoms with Crippen LogP contribution in [-0.4, -0.2) is 24.7 Å². The molecule has 0 spiro atoms. The van der Waals surface area contributed by atoms with Crippen LogP contribution >= 0.6 is 0 Å². The lowest BCUT2D eigenvalue weighted by Crippen LogP contribution is -2.17. The summed E-state index contributed by atoms with van der Waals surface area (Å²) in [7, 11) is 1.69. The fourth-order valence-corrected chi connectivity index (χ4v) is 2.43. The number of nitrogens with two attached hydrogens (primary N) is 1. The summed E-state index contributed by atoms with van der Waals surface area (Å²) in [5.41, 5.74) is 8.73. The highest BCUT2D eigenvalue weighted by atomic mass is 16.5. The number of nitrogens with zero attached hydrogens (tertiary/aromatic N) is 1. The third-order valence-corrected chi connectivity index (χ3v) is 3.66. The van der Waals surface area contributed by atoms with Gasteiger partial charge in [-0.25, -0.2) is 0 Å². The smallest absolute Gasteiger partial charge is 0.121 e. The van der Waals surface area contributed by atoms with Crippen molar-refractivity contribution in [2.75, 3.05) is 19.0 Å². The Kier molecular flexibility index (Phi) is 5.39. The maximum absolute atomic E-state index is 5.58. The molecule has 114 valence electrons. The highest BCUT2D eigenvalue weighted by Gasteiger charge is 2.09. The molecule has 0 aliphatic heterocycles. The average molecular weight is 287 g/mol. The monoisotopic (exact) mass is 287 g/mol. The van der Waals surface area contributed by atoms with Crippen molar-refractivity contribution >= 4 is 16.6 Å². The van der Waals surface area contributed by atoms with Crippen LogP contribution in [0.1, 0.15) is 32.4 Å². The molecule has 4 heteroatoms. The Balaban J connectivity index is 2.38. The molecular weight excluding hydrogens is 262 g/mol. The van der Waals surface area contributed by atoms with Crippen LogP contribution in [0.3, 0.4) is 0 Å². The summed E-state index contributed by atoms with van der Waals surface area (Å²) in [6.07, 6.45) is 3.00. The van der Waals surface area contributed by atoms with Crippen molar-refractivity contribution in [2.45, 2.75) is 39.2 Å². The second-order valence-corrected chi connectivity index (χ2v) is 5.38. The van der Waals surface area contributed by atoms with E-state index in [1.54, 1.807) is 7.11 Å². The zero-order valence-electron chi connectivity index (χ0n) is 13.1. The van der Waals surface area contributed by atoms with Gasteiger partial charge in [0.1, 0.15) is 5.75 Å². The zero-order valence-corrected chi connectivity index (χ0v) is 13.1. The summed E-state index contributed by atoms with van der Waals surface area (Å²) in [5, 5.41) is 4.64. The largest absolute Gasteiger partial charge is 0.497 e. The number of methoxy groups -OCH3 is 1. The van der Waals surface area contributed by atoms with Crippen LogP contribution in [0.5, 0.6) is 5.75 Å². The van der Waals surface area contributed by atoms with E-state index in [0.29, 0.717) is 6.04 Å². The van der Waals surface area contributed by atoms with E-state index < -0.39 is 0 Å². The van der Waals surface area contributed by atoms with Crippen LogP contribution in [0, 0.1) is 0 Å². The third kappa shape index (κ3) is 3.85. The second-order valence-electron chi connectivity index (χ2n) is 5.38. The van der Waals surface area contributed by atoms with E-state index in [1.165, 1.54) is 0 Å². The molecule has 1 aromatic carbocycles. The maximum Gasteiger partial charge on any atom is 0.121 e. The van der Waals surface area contributed by atoms with Crippen molar-refractivity contribution in [3.8, 4) is 5.75 Å². The van der Waals surface area contributed by atoms with Gasteiger partial charge in [-0.1, -0.05) is 13.0 Å². The number of benzene rings is 1. The number of fused-ring (bicyclic) bond motifs is 1. The minimum absolute atomic E-state index is 0.357. The minimum atomic E-state index is 0.357. The molecule has 21 heavy (non-hydrogen) atoms. The van der Waals surface area contributed by atoms with Crippen LogP contribution in [0.4, 0.5) is 5.69 Å². The number of pyridine rings is 1. The molecule has 2 aromatic rings. The lowest BCUT2D eigenvalue weighted by atomic mass is 10.1. The summed E-state index contributed by atoms with van der Waals surface area (Å²) in [6.45, 7) is 5.02. The predicted octanol–water partition coefficient (Wildman–Crippen LogP) is 3.35. The first-order valence-corrected chi connectivity index (χ1v) is 7.62. The predicted molar refractivity (Wildman–Crippen MR) is 89.0 cm³/mol. The van der Waals surface area contributed by atoms with Crippen molar-refractivity contribution < 1.29 is 4.74 Å². The van der Waals surface area contributed by atoms with Gasteiger partial charge in [-0.15, -0.1) is 0 Å². The number of anilines is 1. The van der Waals surface area contributed by atoms with Gasteiger partial charge in [-0.05, 0) is 44.9 Å². The van der Waals surface area contributed by atoms with E-state index in [2.05, 4.69) is 31.3 Å². The van der Waals surface area contributed by atoms with Gasteiger partial charge in [0, 0.05) is 23.2 Å². The number of ether oxygens (including phenoxy) is 1. The molecule has 0 saturated heterocycles. The second kappa shape index (κ2) is 7.27. The first kappa shape index (κ1) is 15.6. The van der Waals surface area contributed by atoms with Crippen molar-refractivity contribution in [3.63, 3.8) is 0 Å². The van der Waals surface area contributed by atoms with Crippen LogP contribution in [-0.2, 0) is 6.42 Å². The molecule has 3 N–H and O–H groups in total. The van der Waals surface area contributed by atoms with Gasteiger partial charge in [-0.3, -0.25) is 4.98 Å². The minimum Gasteiger partial charge on any atom is -0.497 e. The van der Waals surface area contributed by atoms with Crippen LogP contribution in [0.25, 0.3) is 10.9 Å². The van der Waals surface area contributed by atoms with E-state index in [1.807, 2.05) is 12.1 Å². The first-order valence-electron chi connectivity index (χ1n) is 7.62. The fraction of sp³-hybridized carbons (Fsp3) is 0.471. The van der Waals surface area contributed by atoms with Gasteiger partial charge in [-0.2, -0.15) is 0 Å². The summed E-state index contributed by atoms with van der Waals surface area (Å²) in [5.74, 6) is 0.849. The fourth-order valence-electron chi connectivity index (χ4n) is 2.43. The number of hydrogen-bond acceptors (Lipinski definition) is 4. The molecule has 0 bridgehead atoms. The first-order chi connectivity index (χ1) is 10.2. The van der Waals surface area contributed by atoms with Gasteiger partial charge < -0.3 is 15.8 Å². The van der Waals surface area contributed by atoms with Gasteiger partial charge in [0.15, 0.2) is 0 Å². The number of hydrogen-bond donors (Lipinski definition) is 2. The summed E-state index contributed by atoms with van der Waals surface area (Å²) >= 11 is 0. The maximum atomic E-state index is 5.58. The highest BCUT2D eigenvalue weighted by Crippen LogP contribution is 2.29. The number of nitrogens with one attached hydrogen (secondary N) is 1. The van der Waals surface area contributed by atoms with Gasteiger partial charge in [0.25, 0.3) is 0 Å². The van der Waals surface area contributed by atoms with Crippen molar-refractivity contribution in [1.82, 2.24) is 4.98 Å². The average Bonchev–Trinajstić information content (AvgIpc) is 2.52. The third-order valence-electron chi connectivity index (χ3n) is 3.66. The molecule has 0 fully saturated rings. The number of aryl methyl sites for hydroxylation is 1. The molecule has 0 aliphatic carbocycles. The van der Waals surface area contributed by atoms with Crippen LogP contribution in [0.2, 0.25) is 0 Å². The molecule has 0 radical (unpaired) electrons. The molecule has 0 saturated carbocycles. The molecule has 1 unspecified atom stereocenters. The molecule has 1 atom stereocenters. The Bertz CT molecular complexity index is 598. The van der Waals surface area contributed by atoms with E-state index in [9.17, 15) is 0 Å². The molecule has 1 aromatic heterocycles. The Morgan fingerprint density at radius 2 is 2.14 bits per heavy atom. The van der Waals surface area contributed by atoms with Crippen molar-refractivity contribution in [2.24, 2.45) is 5.73 Å². The Morgan fingerprint density at radius 1 is 1.33 bits per heavy atom. The highest BCUT2D eigenvalue weighted by molar-refractivity contribution is 5.92. The van der Waals surface area contributed by atoms with Crippen LogP contribution < -0.4 is 15.8 Å². The summed E-state index contributed by atoms with van der Waals surface area (Å²) in [4.78, 5) is 4.76. The number of aromatic nitrogens is 1. The summed E-state index contributed by atoms with van der Waals surface area (Å²) < 4.78 is 5.39. The van der Waals surface area contributed by atoms with Crippen molar-refractivity contribution in [3.05, 3.63) is 30.0 Å². The lowest BCUT2D eigenvalue weighted by molar-refractivity contribution is 0.415. The molecule has 2 rings (SSSR count). The molecule has 4 nitrogen and oxygen atoms in total. The Morgan fingerprint density at radius 3 is 2.81 bits per heavy atom. The molecular formula is C17H25N3O. The van der Waals surface area contributed by atoms with Gasteiger partial charge in [0.05, 0.1) is 18.3 Å². The molecule has 1 heterocycles. The van der Waals surface area contributed by atoms with E-state index in [4.69, 9.17) is 15.5 Å². The summed E-state index contributed by atoms with van der Waals surface area (Å²) in [6, 6.07) is 8.59. The zero-order chi connectivity index (χ0) is 15.2. The van der Waals surface area contributed by atoms with Gasteiger partial charge >= 0.3 is 0 Å². The van der Waals surface area contributed by atoms with Crippen molar-refractivity contribution in [1.29, 1.82) is 0 Å².